The Balaban J connectivity index is 1.93. The largest absolute Gasteiger partial charge is 0.367 e. The molecule has 0 bridgehead atoms. The highest BCUT2D eigenvalue weighted by molar-refractivity contribution is 9.10. The van der Waals surface area contributed by atoms with E-state index < -0.39 is 0 Å². The first-order chi connectivity index (χ1) is 8.20. The molecule has 0 amide bonds. The van der Waals surface area contributed by atoms with Gasteiger partial charge in [-0.1, -0.05) is 18.5 Å². The van der Waals surface area contributed by atoms with Gasteiger partial charge in [-0.3, -0.25) is 4.90 Å². The zero-order chi connectivity index (χ0) is 12.3. The molecule has 1 fully saturated rings. The first-order valence-electron chi connectivity index (χ1n) is 5.99. The number of nitrogens with zero attached hydrogens (tertiary/aromatic N) is 2. The minimum atomic E-state index is 0.613. The Morgan fingerprint density at radius 2 is 2.47 bits per heavy atom. The van der Waals surface area contributed by atoms with E-state index in [0.29, 0.717) is 11.1 Å². The summed E-state index contributed by atoms with van der Waals surface area (Å²) in [5.41, 5.74) is 0. The van der Waals surface area contributed by atoms with Crippen molar-refractivity contribution in [2.45, 2.75) is 25.8 Å². The summed E-state index contributed by atoms with van der Waals surface area (Å²) in [6.07, 6.45) is 4.32. The third-order valence-corrected chi connectivity index (χ3v) is 3.94. The quantitative estimate of drug-likeness (QED) is 0.922. The minimum absolute atomic E-state index is 0.613. The topological polar surface area (TPSA) is 28.2 Å². The molecule has 0 radical (unpaired) electrons. The molecule has 1 atom stereocenters. The fraction of sp³-hybridized carbons (Fsp3) is 0.583. The molecule has 0 spiro atoms. The summed E-state index contributed by atoms with van der Waals surface area (Å²) in [6.45, 7) is 5.46. The standard InChI is InChI=1S/C12H17BrClN3/c1-2-17-5-3-4-10(17)8-16-12-11(14)6-9(13)7-15-12/h6-7,10H,2-5,8H2,1H3,(H,15,16). The number of nitrogens with one attached hydrogen (secondary N) is 1. The van der Waals surface area contributed by atoms with Crippen LogP contribution in [0.1, 0.15) is 19.8 Å². The van der Waals surface area contributed by atoms with Gasteiger partial charge in [0.15, 0.2) is 0 Å². The second-order valence-electron chi connectivity index (χ2n) is 4.29. The molecule has 1 aliphatic heterocycles. The van der Waals surface area contributed by atoms with Crippen molar-refractivity contribution in [2.75, 3.05) is 25.0 Å². The predicted octanol–water partition coefficient (Wildman–Crippen LogP) is 3.39. The average molecular weight is 319 g/mol. The van der Waals surface area contributed by atoms with E-state index in [2.05, 4.69) is 38.1 Å². The highest BCUT2D eigenvalue weighted by Gasteiger charge is 2.22. The van der Waals surface area contributed by atoms with Crippen LogP contribution in [0.3, 0.4) is 0 Å². The van der Waals surface area contributed by atoms with E-state index in [-0.39, 0.29) is 0 Å². The first-order valence-corrected chi connectivity index (χ1v) is 7.16. The molecule has 2 heterocycles. The van der Waals surface area contributed by atoms with Gasteiger partial charge in [0.05, 0.1) is 5.02 Å². The Hall–Kier alpha value is -0.320. The lowest BCUT2D eigenvalue weighted by atomic mass is 10.2. The van der Waals surface area contributed by atoms with Crippen molar-refractivity contribution in [2.24, 2.45) is 0 Å². The van der Waals surface area contributed by atoms with Crippen LogP contribution >= 0.6 is 27.5 Å². The third kappa shape index (κ3) is 3.33. The van der Waals surface area contributed by atoms with E-state index in [1.807, 2.05) is 6.07 Å². The van der Waals surface area contributed by atoms with E-state index in [0.717, 1.165) is 23.4 Å². The van der Waals surface area contributed by atoms with Gasteiger partial charge in [-0.05, 0) is 47.9 Å². The van der Waals surface area contributed by atoms with E-state index in [4.69, 9.17) is 11.6 Å². The molecule has 1 aliphatic rings. The Morgan fingerprint density at radius 1 is 1.65 bits per heavy atom. The summed E-state index contributed by atoms with van der Waals surface area (Å²) in [4.78, 5) is 6.78. The summed E-state index contributed by atoms with van der Waals surface area (Å²) in [5.74, 6) is 0.776. The first kappa shape index (κ1) is 13.1. The van der Waals surface area contributed by atoms with Crippen LogP contribution in [0.15, 0.2) is 16.7 Å². The molecule has 0 aliphatic carbocycles. The average Bonchev–Trinajstić information content (AvgIpc) is 2.75. The van der Waals surface area contributed by atoms with Crippen LogP contribution in [0.4, 0.5) is 5.82 Å². The Kier molecular flexibility index (Phi) is 4.65. The molecule has 1 aromatic rings. The van der Waals surface area contributed by atoms with Crippen molar-refractivity contribution in [3.05, 3.63) is 21.8 Å². The molecule has 94 valence electrons. The molecular formula is C12H17BrClN3. The number of likely N-dealkylation sites (tertiary alicyclic amines) is 1. The lowest BCUT2D eigenvalue weighted by molar-refractivity contribution is 0.277. The van der Waals surface area contributed by atoms with Crippen molar-refractivity contribution < 1.29 is 0 Å². The lowest BCUT2D eigenvalue weighted by Gasteiger charge is -2.23. The molecule has 0 saturated carbocycles. The van der Waals surface area contributed by atoms with Gasteiger partial charge in [0.1, 0.15) is 5.82 Å². The summed E-state index contributed by atoms with van der Waals surface area (Å²) in [6, 6.07) is 2.48. The molecule has 5 heteroatoms. The van der Waals surface area contributed by atoms with Gasteiger partial charge in [-0.25, -0.2) is 4.98 Å². The van der Waals surface area contributed by atoms with Crippen molar-refractivity contribution in [1.82, 2.24) is 9.88 Å². The number of halogens is 2. The smallest absolute Gasteiger partial charge is 0.144 e. The number of rotatable bonds is 4. The zero-order valence-electron chi connectivity index (χ0n) is 9.92. The van der Waals surface area contributed by atoms with Crippen LogP contribution in [-0.2, 0) is 0 Å². The van der Waals surface area contributed by atoms with Crippen LogP contribution in [0.2, 0.25) is 5.02 Å². The molecular weight excluding hydrogens is 302 g/mol. The number of pyridine rings is 1. The van der Waals surface area contributed by atoms with Crippen LogP contribution in [0.25, 0.3) is 0 Å². The number of anilines is 1. The minimum Gasteiger partial charge on any atom is -0.367 e. The maximum atomic E-state index is 6.12. The summed E-state index contributed by atoms with van der Waals surface area (Å²) < 4.78 is 0.907. The van der Waals surface area contributed by atoms with Crippen molar-refractivity contribution in [3.8, 4) is 0 Å². The highest BCUT2D eigenvalue weighted by Crippen LogP contribution is 2.24. The van der Waals surface area contributed by atoms with E-state index in [1.165, 1.54) is 19.4 Å². The monoisotopic (exact) mass is 317 g/mol. The van der Waals surface area contributed by atoms with Crippen molar-refractivity contribution >= 4 is 33.3 Å². The van der Waals surface area contributed by atoms with Gasteiger partial charge in [-0.15, -0.1) is 0 Å². The Labute approximate surface area is 116 Å². The van der Waals surface area contributed by atoms with Gasteiger partial charge in [0.25, 0.3) is 0 Å². The molecule has 17 heavy (non-hydrogen) atoms. The number of hydrogen-bond acceptors (Lipinski definition) is 3. The summed E-state index contributed by atoms with van der Waals surface area (Å²) in [7, 11) is 0. The number of hydrogen-bond donors (Lipinski definition) is 1. The van der Waals surface area contributed by atoms with Crippen LogP contribution in [0, 0.1) is 0 Å². The van der Waals surface area contributed by atoms with E-state index >= 15 is 0 Å². The summed E-state index contributed by atoms with van der Waals surface area (Å²) >= 11 is 9.47. The van der Waals surface area contributed by atoms with Crippen LogP contribution < -0.4 is 5.32 Å². The Bertz CT molecular complexity index is 386. The molecule has 1 aromatic heterocycles. The fourth-order valence-electron chi connectivity index (χ4n) is 2.30. The molecule has 1 saturated heterocycles. The zero-order valence-corrected chi connectivity index (χ0v) is 12.3. The third-order valence-electron chi connectivity index (χ3n) is 3.22. The fourth-order valence-corrected chi connectivity index (χ4v) is 3.00. The molecule has 1 N–H and O–H groups in total. The number of likely N-dealkylation sites (N-methyl/N-ethyl adjacent to an activating group) is 1. The summed E-state index contributed by atoms with van der Waals surface area (Å²) in [5, 5.41) is 4.01. The highest BCUT2D eigenvalue weighted by atomic mass is 79.9. The molecule has 1 unspecified atom stereocenters. The molecule has 3 nitrogen and oxygen atoms in total. The van der Waals surface area contributed by atoms with Crippen LogP contribution in [-0.4, -0.2) is 35.6 Å². The lowest BCUT2D eigenvalue weighted by Crippen LogP contribution is -2.34. The van der Waals surface area contributed by atoms with Gasteiger partial charge in [0, 0.05) is 23.3 Å². The molecule has 0 aromatic carbocycles. The van der Waals surface area contributed by atoms with Crippen molar-refractivity contribution in [3.63, 3.8) is 0 Å². The number of aromatic nitrogens is 1. The SMILES string of the molecule is CCN1CCCC1CNc1ncc(Br)cc1Cl. The second kappa shape index (κ2) is 6.03. The maximum Gasteiger partial charge on any atom is 0.144 e. The normalized spacial score (nSPS) is 20.8. The second-order valence-corrected chi connectivity index (χ2v) is 5.61. The van der Waals surface area contributed by atoms with Gasteiger partial charge in [-0.2, -0.15) is 0 Å². The van der Waals surface area contributed by atoms with Crippen LogP contribution in [0.5, 0.6) is 0 Å². The maximum absolute atomic E-state index is 6.12. The van der Waals surface area contributed by atoms with E-state index in [1.54, 1.807) is 6.20 Å². The van der Waals surface area contributed by atoms with Gasteiger partial charge < -0.3 is 5.32 Å². The van der Waals surface area contributed by atoms with Gasteiger partial charge in [0.2, 0.25) is 0 Å². The molecule has 2 rings (SSSR count). The van der Waals surface area contributed by atoms with Gasteiger partial charge >= 0.3 is 0 Å². The van der Waals surface area contributed by atoms with E-state index in [9.17, 15) is 0 Å². The Morgan fingerprint density at radius 3 is 3.18 bits per heavy atom. The van der Waals surface area contributed by atoms with Crippen molar-refractivity contribution in [1.29, 1.82) is 0 Å². The predicted molar refractivity (Wildman–Crippen MR) is 75.7 cm³/mol.